The van der Waals surface area contributed by atoms with Crippen molar-refractivity contribution in [2.24, 2.45) is 0 Å². The van der Waals surface area contributed by atoms with Gasteiger partial charge in [0.2, 0.25) is 0 Å². The SMILES string of the molecule is COc1ccc(-c2cc(F)cc(C3CCNCC3)c2)cc1OC. The second-order valence-electron chi connectivity index (χ2n) is 5.87. The zero-order valence-corrected chi connectivity index (χ0v) is 13.6. The van der Waals surface area contributed by atoms with E-state index in [1.54, 1.807) is 26.4 Å². The van der Waals surface area contributed by atoms with Crippen LogP contribution in [0.4, 0.5) is 4.39 Å². The highest BCUT2D eigenvalue weighted by atomic mass is 19.1. The van der Waals surface area contributed by atoms with Gasteiger partial charge >= 0.3 is 0 Å². The van der Waals surface area contributed by atoms with Crippen LogP contribution in [0.15, 0.2) is 36.4 Å². The van der Waals surface area contributed by atoms with Crippen molar-refractivity contribution in [2.45, 2.75) is 18.8 Å². The lowest BCUT2D eigenvalue weighted by atomic mass is 9.88. The summed E-state index contributed by atoms with van der Waals surface area (Å²) in [5.74, 6) is 1.56. The van der Waals surface area contributed by atoms with E-state index in [4.69, 9.17) is 9.47 Å². The fourth-order valence-corrected chi connectivity index (χ4v) is 3.19. The zero-order chi connectivity index (χ0) is 16.2. The molecule has 1 saturated heterocycles. The highest BCUT2D eigenvalue weighted by molar-refractivity contribution is 5.68. The summed E-state index contributed by atoms with van der Waals surface area (Å²) in [7, 11) is 3.21. The number of hydrogen-bond acceptors (Lipinski definition) is 3. The lowest BCUT2D eigenvalue weighted by Crippen LogP contribution is -2.26. The molecule has 0 unspecified atom stereocenters. The van der Waals surface area contributed by atoms with E-state index in [-0.39, 0.29) is 5.82 Å². The Labute approximate surface area is 136 Å². The first-order chi connectivity index (χ1) is 11.2. The Morgan fingerprint density at radius 3 is 2.35 bits per heavy atom. The van der Waals surface area contributed by atoms with E-state index in [1.807, 2.05) is 18.2 Å². The molecule has 0 atom stereocenters. The van der Waals surface area contributed by atoms with E-state index in [0.717, 1.165) is 42.6 Å². The van der Waals surface area contributed by atoms with Crippen LogP contribution in [0.1, 0.15) is 24.3 Å². The van der Waals surface area contributed by atoms with Crippen molar-refractivity contribution in [2.75, 3.05) is 27.3 Å². The van der Waals surface area contributed by atoms with Crippen molar-refractivity contribution in [1.82, 2.24) is 5.32 Å². The van der Waals surface area contributed by atoms with Gasteiger partial charge in [-0.2, -0.15) is 0 Å². The molecule has 1 aliphatic rings. The summed E-state index contributed by atoms with van der Waals surface area (Å²) in [5, 5.41) is 3.35. The molecule has 0 bridgehead atoms. The molecule has 1 aliphatic heterocycles. The molecule has 3 rings (SSSR count). The summed E-state index contributed by atoms with van der Waals surface area (Å²) < 4.78 is 24.7. The maximum absolute atomic E-state index is 14.1. The number of nitrogens with one attached hydrogen (secondary N) is 1. The van der Waals surface area contributed by atoms with Crippen LogP contribution in [0.3, 0.4) is 0 Å². The molecule has 0 radical (unpaired) electrons. The second-order valence-corrected chi connectivity index (χ2v) is 5.87. The maximum Gasteiger partial charge on any atom is 0.161 e. The molecule has 0 amide bonds. The molecule has 0 aliphatic carbocycles. The smallest absolute Gasteiger partial charge is 0.161 e. The number of halogens is 1. The van der Waals surface area contributed by atoms with Crippen LogP contribution >= 0.6 is 0 Å². The molecule has 1 fully saturated rings. The van der Waals surface area contributed by atoms with Crippen LogP contribution in [-0.2, 0) is 0 Å². The number of methoxy groups -OCH3 is 2. The minimum absolute atomic E-state index is 0.189. The van der Waals surface area contributed by atoms with Crippen LogP contribution in [0, 0.1) is 5.82 Å². The number of piperidine rings is 1. The van der Waals surface area contributed by atoms with Gasteiger partial charge in [-0.3, -0.25) is 0 Å². The van der Waals surface area contributed by atoms with Gasteiger partial charge in [-0.1, -0.05) is 12.1 Å². The van der Waals surface area contributed by atoms with Crippen molar-refractivity contribution in [1.29, 1.82) is 0 Å². The van der Waals surface area contributed by atoms with Gasteiger partial charge in [0.1, 0.15) is 5.82 Å². The topological polar surface area (TPSA) is 30.5 Å². The normalized spacial score (nSPS) is 15.4. The van der Waals surface area contributed by atoms with Crippen molar-refractivity contribution in [3.05, 3.63) is 47.8 Å². The van der Waals surface area contributed by atoms with E-state index >= 15 is 0 Å². The molecule has 122 valence electrons. The molecule has 0 aromatic heterocycles. The fourth-order valence-electron chi connectivity index (χ4n) is 3.19. The third-order valence-electron chi connectivity index (χ3n) is 4.45. The highest BCUT2D eigenvalue weighted by Crippen LogP contribution is 2.35. The number of rotatable bonds is 4. The average Bonchev–Trinajstić information content (AvgIpc) is 2.61. The molecule has 4 heteroatoms. The molecule has 3 nitrogen and oxygen atoms in total. The summed E-state index contributed by atoms with van der Waals surface area (Å²) in [6, 6.07) is 11.0. The zero-order valence-electron chi connectivity index (χ0n) is 13.6. The van der Waals surface area contributed by atoms with Crippen molar-refractivity contribution >= 4 is 0 Å². The van der Waals surface area contributed by atoms with Crippen LogP contribution in [0.2, 0.25) is 0 Å². The van der Waals surface area contributed by atoms with Crippen LogP contribution in [-0.4, -0.2) is 27.3 Å². The van der Waals surface area contributed by atoms with E-state index in [9.17, 15) is 4.39 Å². The summed E-state index contributed by atoms with van der Waals surface area (Å²) in [6.07, 6.45) is 2.10. The standard InChI is InChI=1S/C19H22FNO2/c1-22-18-4-3-14(12-19(18)23-2)16-9-15(10-17(20)11-16)13-5-7-21-8-6-13/h3-4,9-13,21H,5-8H2,1-2H3. The fraction of sp³-hybridized carbons (Fsp3) is 0.368. The Hall–Kier alpha value is -2.07. The molecular weight excluding hydrogens is 293 g/mol. The van der Waals surface area contributed by atoms with E-state index < -0.39 is 0 Å². The van der Waals surface area contributed by atoms with E-state index in [2.05, 4.69) is 11.4 Å². The number of ether oxygens (including phenoxy) is 2. The first-order valence-electron chi connectivity index (χ1n) is 7.95. The van der Waals surface area contributed by atoms with Crippen LogP contribution in [0.5, 0.6) is 11.5 Å². The lowest BCUT2D eigenvalue weighted by molar-refractivity contribution is 0.355. The van der Waals surface area contributed by atoms with Gasteiger partial charge in [0.25, 0.3) is 0 Å². The Morgan fingerprint density at radius 2 is 1.65 bits per heavy atom. The summed E-state index contributed by atoms with van der Waals surface area (Å²) >= 11 is 0. The summed E-state index contributed by atoms with van der Waals surface area (Å²) in [6.45, 7) is 1.99. The van der Waals surface area contributed by atoms with Crippen LogP contribution in [0.25, 0.3) is 11.1 Å². The molecule has 0 spiro atoms. The molecular formula is C19H22FNO2. The Kier molecular flexibility index (Phi) is 4.82. The summed E-state index contributed by atoms with van der Waals surface area (Å²) in [5.41, 5.74) is 2.88. The third-order valence-corrected chi connectivity index (χ3v) is 4.45. The van der Waals surface area contributed by atoms with Crippen molar-refractivity contribution < 1.29 is 13.9 Å². The average molecular weight is 315 g/mol. The molecule has 2 aromatic rings. The Balaban J connectivity index is 1.97. The largest absolute Gasteiger partial charge is 0.493 e. The quantitative estimate of drug-likeness (QED) is 0.926. The van der Waals surface area contributed by atoms with Gasteiger partial charge in [0.05, 0.1) is 14.2 Å². The molecule has 1 heterocycles. The van der Waals surface area contributed by atoms with Gasteiger partial charge in [-0.25, -0.2) is 4.39 Å². The van der Waals surface area contributed by atoms with E-state index in [0.29, 0.717) is 17.4 Å². The van der Waals surface area contributed by atoms with Crippen LogP contribution < -0.4 is 14.8 Å². The van der Waals surface area contributed by atoms with Gasteiger partial charge in [0, 0.05) is 0 Å². The second kappa shape index (κ2) is 7.01. The minimum atomic E-state index is -0.189. The Bertz CT molecular complexity index is 681. The van der Waals surface area contributed by atoms with Gasteiger partial charge in [-0.05, 0) is 72.8 Å². The maximum atomic E-state index is 14.1. The van der Waals surface area contributed by atoms with Gasteiger partial charge < -0.3 is 14.8 Å². The molecule has 1 N–H and O–H groups in total. The predicted molar refractivity (Wildman–Crippen MR) is 89.8 cm³/mol. The number of hydrogen-bond donors (Lipinski definition) is 1. The third kappa shape index (κ3) is 3.48. The Morgan fingerprint density at radius 1 is 0.913 bits per heavy atom. The lowest BCUT2D eigenvalue weighted by Gasteiger charge is -2.23. The molecule has 0 saturated carbocycles. The monoisotopic (exact) mass is 315 g/mol. The first kappa shape index (κ1) is 15.8. The van der Waals surface area contributed by atoms with Gasteiger partial charge in [-0.15, -0.1) is 0 Å². The molecule has 2 aromatic carbocycles. The van der Waals surface area contributed by atoms with E-state index in [1.165, 1.54) is 0 Å². The molecule has 23 heavy (non-hydrogen) atoms. The minimum Gasteiger partial charge on any atom is -0.493 e. The van der Waals surface area contributed by atoms with Crippen molar-refractivity contribution in [3.8, 4) is 22.6 Å². The van der Waals surface area contributed by atoms with Crippen molar-refractivity contribution in [3.63, 3.8) is 0 Å². The summed E-state index contributed by atoms with van der Waals surface area (Å²) in [4.78, 5) is 0. The predicted octanol–water partition coefficient (Wildman–Crippen LogP) is 3.98. The first-order valence-corrected chi connectivity index (χ1v) is 7.95. The number of benzene rings is 2. The highest BCUT2D eigenvalue weighted by Gasteiger charge is 2.17. The van der Waals surface area contributed by atoms with Gasteiger partial charge in [0.15, 0.2) is 11.5 Å².